The minimum atomic E-state index is -5.45. The lowest BCUT2D eigenvalue weighted by atomic mass is 9.93. The molecule has 19 heteroatoms. The largest absolute Gasteiger partial charge is 0.573 e. The second-order valence-electron chi connectivity index (χ2n) is 16.4. The van der Waals surface area contributed by atoms with E-state index in [1.54, 1.807) is 53.4 Å². The lowest BCUT2D eigenvalue weighted by Crippen LogP contribution is -2.69. The summed E-state index contributed by atoms with van der Waals surface area (Å²) >= 11 is 0. The van der Waals surface area contributed by atoms with Gasteiger partial charge in [-0.05, 0) is 86.8 Å². The number of ether oxygens (including phenoxy) is 4. The smallest absolute Gasteiger partial charge is 0.472 e. The summed E-state index contributed by atoms with van der Waals surface area (Å²) in [4.78, 5) is 38.8. The molecular formula is C36H43F5N6O7S. The Morgan fingerprint density at radius 2 is 1.69 bits per heavy atom. The first-order valence-electron chi connectivity index (χ1n) is 17.4. The van der Waals surface area contributed by atoms with Crippen molar-refractivity contribution in [2.24, 2.45) is 0 Å². The van der Waals surface area contributed by atoms with Gasteiger partial charge in [-0.15, -0.1) is 13.2 Å². The fraction of sp³-hybridized carbons (Fsp3) is 0.556. The molecule has 6 rings (SSSR count). The number of halogens is 5. The number of pyridine rings is 2. The van der Waals surface area contributed by atoms with E-state index in [4.69, 9.17) is 19.0 Å². The Bertz CT molecular complexity index is 2220. The molecule has 13 nitrogen and oxygen atoms in total. The molecule has 2 saturated heterocycles. The molecule has 5 heterocycles. The molecule has 0 radical (unpaired) electrons. The number of rotatable bonds is 4. The summed E-state index contributed by atoms with van der Waals surface area (Å²) in [5.74, 6) is -4.64. The minimum Gasteiger partial charge on any atom is -0.472 e. The number of amides is 2. The molecule has 2 aromatic heterocycles. The van der Waals surface area contributed by atoms with Crippen LogP contribution in [0.15, 0.2) is 17.2 Å². The standard InChI is InChI=1S/C36H43F5N6O7S/c1-16-22-23-28(45-30(16)55(10,42)50)46-15-35(9)12-11-21(47(35)32(49)54-34(6,7)8)26(46)17(2)51-29(23)44-25(24(22)38)19-13-18(43-31(48)53-33(3,4)5)14-20(37)27(19)52-36(39,40)41/h13-14,17,21,26,42H,11-12,15H2,1-10H3,(H,43,48)/t17-,21-,26+,35+,55?/m0/s1. The number of piperazine rings is 1. The van der Waals surface area contributed by atoms with E-state index < -0.39 is 97.5 Å². The lowest BCUT2D eigenvalue weighted by molar-refractivity contribution is -0.275. The molecule has 300 valence electrons. The maximum Gasteiger partial charge on any atom is 0.573 e. The van der Waals surface area contributed by atoms with Crippen molar-refractivity contribution >= 4 is 44.2 Å². The van der Waals surface area contributed by atoms with Gasteiger partial charge < -0.3 is 23.8 Å². The van der Waals surface area contributed by atoms with E-state index in [0.29, 0.717) is 18.9 Å². The van der Waals surface area contributed by atoms with Gasteiger partial charge in [0, 0.05) is 29.9 Å². The van der Waals surface area contributed by atoms with Crippen LogP contribution < -0.4 is 19.7 Å². The monoisotopic (exact) mass is 798 g/mol. The number of nitrogens with zero attached hydrogens (tertiary/aromatic N) is 4. The number of aryl methyl sites for hydroxylation is 1. The minimum absolute atomic E-state index is 0.0315. The first kappa shape index (κ1) is 40.0. The molecule has 2 amide bonds. The number of hydrogen-bond acceptors (Lipinski definition) is 11. The molecule has 1 aromatic carbocycles. The Morgan fingerprint density at radius 1 is 1.05 bits per heavy atom. The van der Waals surface area contributed by atoms with Gasteiger partial charge in [0.25, 0.3) is 0 Å². The van der Waals surface area contributed by atoms with E-state index in [1.165, 1.54) is 6.92 Å². The Labute approximate surface area is 314 Å². The number of benzene rings is 1. The third-order valence-electron chi connectivity index (χ3n) is 9.56. The topological polar surface area (TPSA) is 156 Å². The summed E-state index contributed by atoms with van der Waals surface area (Å²) in [5, 5.41) is 1.56. The summed E-state index contributed by atoms with van der Waals surface area (Å²) in [5.41, 5.74) is -4.89. The molecule has 3 aliphatic heterocycles. The van der Waals surface area contributed by atoms with E-state index in [0.717, 1.165) is 12.3 Å². The Balaban J connectivity index is 1.62. The molecule has 2 bridgehead atoms. The van der Waals surface area contributed by atoms with Crippen molar-refractivity contribution in [1.29, 1.82) is 4.78 Å². The number of anilines is 2. The van der Waals surface area contributed by atoms with Gasteiger partial charge in [-0.2, -0.15) is 0 Å². The molecule has 2 fully saturated rings. The van der Waals surface area contributed by atoms with Gasteiger partial charge in [0.15, 0.2) is 17.4 Å². The van der Waals surface area contributed by atoms with Crippen LogP contribution in [0, 0.1) is 23.3 Å². The number of aromatic nitrogens is 2. The normalized spacial score (nSPS) is 23.4. The van der Waals surface area contributed by atoms with Crippen molar-refractivity contribution in [3.05, 3.63) is 29.3 Å². The zero-order valence-electron chi connectivity index (χ0n) is 32.0. The predicted molar refractivity (Wildman–Crippen MR) is 192 cm³/mol. The van der Waals surface area contributed by atoms with Crippen LogP contribution in [0.5, 0.6) is 11.6 Å². The Kier molecular flexibility index (Phi) is 9.41. The summed E-state index contributed by atoms with van der Waals surface area (Å²) in [6, 6.07) is 0.160. The van der Waals surface area contributed by atoms with Gasteiger partial charge in [-0.1, -0.05) is 0 Å². The SMILES string of the molecule is Cc1c(S(C)(=N)=O)nc2c3c(nc(-c4cc(NC(=O)OC(C)(C)C)cc(F)c4OC(F)(F)F)c(F)c13)O[C@@H](C)[C@@H]1[C@@H]3CC[C@](C)(CN21)N3C(=O)OC(C)(C)C. The van der Waals surface area contributed by atoms with Gasteiger partial charge in [0.05, 0.1) is 38.3 Å². The van der Waals surface area contributed by atoms with E-state index in [-0.39, 0.29) is 39.6 Å². The lowest BCUT2D eigenvalue weighted by Gasteiger charge is -2.52. The van der Waals surface area contributed by atoms with Crippen molar-refractivity contribution in [3.8, 4) is 22.9 Å². The molecular weight excluding hydrogens is 755 g/mol. The van der Waals surface area contributed by atoms with Crippen molar-refractivity contribution in [2.45, 2.75) is 121 Å². The number of fused-ring (bicyclic) bond motifs is 5. The fourth-order valence-corrected chi connectivity index (χ4v) is 8.69. The average molecular weight is 799 g/mol. The van der Waals surface area contributed by atoms with E-state index in [9.17, 15) is 27.0 Å². The number of alkyl halides is 3. The second-order valence-corrected chi connectivity index (χ2v) is 18.5. The van der Waals surface area contributed by atoms with Crippen LogP contribution >= 0.6 is 0 Å². The molecule has 3 aromatic rings. The highest BCUT2D eigenvalue weighted by molar-refractivity contribution is 7.91. The third kappa shape index (κ3) is 7.50. The van der Waals surface area contributed by atoms with Crippen LogP contribution in [0.25, 0.3) is 22.0 Å². The van der Waals surface area contributed by atoms with Crippen LogP contribution in [-0.4, -0.2) is 85.4 Å². The summed E-state index contributed by atoms with van der Waals surface area (Å²) in [6.07, 6.45) is -5.78. The molecule has 3 aliphatic rings. The quantitative estimate of drug-likeness (QED) is 0.246. The van der Waals surface area contributed by atoms with Crippen molar-refractivity contribution < 1.29 is 54.7 Å². The van der Waals surface area contributed by atoms with Crippen LogP contribution in [0.3, 0.4) is 0 Å². The van der Waals surface area contributed by atoms with Gasteiger partial charge in [0.1, 0.15) is 33.8 Å². The van der Waals surface area contributed by atoms with Crippen LogP contribution in [0.1, 0.15) is 73.8 Å². The Morgan fingerprint density at radius 3 is 2.27 bits per heavy atom. The highest BCUT2D eigenvalue weighted by atomic mass is 32.2. The number of carbonyl (C=O) groups excluding carboxylic acids is 2. The molecule has 55 heavy (non-hydrogen) atoms. The first-order valence-corrected chi connectivity index (χ1v) is 19.4. The van der Waals surface area contributed by atoms with E-state index in [1.807, 2.05) is 11.8 Å². The first-order chi connectivity index (χ1) is 25.1. The fourth-order valence-electron chi connectivity index (χ4n) is 7.74. The molecule has 0 spiro atoms. The number of nitrogens with one attached hydrogen (secondary N) is 2. The average Bonchev–Trinajstić information content (AvgIpc) is 3.17. The van der Waals surface area contributed by atoms with Crippen molar-refractivity contribution in [3.63, 3.8) is 0 Å². The number of hydrogen-bond donors (Lipinski definition) is 2. The second kappa shape index (κ2) is 12.9. The molecule has 0 saturated carbocycles. The van der Waals surface area contributed by atoms with Gasteiger partial charge in [-0.25, -0.2) is 37.3 Å². The highest BCUT2D eigenvalue weighted by Gasteiger charge is 2.59. The van der Waals surface area contributed by atoms with Gasteiger partial charge in [0.2, 0.25) is 5.88 Å². The van der Waals surface area contributed by atoms with Gasteiger partial charge >= 0.3 is 18.5 Å². The summed E-state index contributed by atoms with van der Waals surface area (Å²) < 4.78 is 118. The molecule has 1 unspecified atom stereocenters. The van der Waals surface area contributed by atoms with Crippen LogP contribution in [0.4, 0.5) is 43.0 Å². The van der Waals surface area contributed by atoms with Crippen molar-refractivity contribution in [2.75, 3.05) is 23.0 Å². The molecule has 5 atom stereocenters. The third-order valence-corrected chi connectivity index (χ3v) is 10.7. The maximum atomic E-state index is 17.3. The Hall–Kier alpha value is -4.68. The zero-order valence-corrected chi connectivity index (χ0v) is 32.8. The zero-order chi connectivity index (χ0) is 41.0. The predicted octanol–water partition coefficient (Wildman–Crippen LogP) is 8.29. The molecule has 2 N–H and O–H groups in total. The molecule has 0 aliphatic carbocycles. The van der Waals surface area contributed by atoms with Crippen LogP contribution in [-0.2, 0) is 19.2 Å². The number of carbonyl (C=O) groups is 2. The maximum absolute atomic E-state index is 17.3. The summed E-state index contributed by atoms with van der Waals surface area (Å²) in [7, 11) is -3.69. The van der Waals surface area contributed by atoms with Gasteiger partial charge in [-0.3, -0.25) is 10.2 Å². The summed E-state index contributed by atoms with van der Waals surface area (Å²) in [6.45, 7) is 14.9. The van der Waals surface area contributed by atoms with Crippen molar-refractivity contribution in [1.82, 2.24) is 14.9 Å². The highest BCUT2D eigenvalue weighted by Crippen LogP contribution is 2.51. The van der Waals surface area contributed by atoms with E-state index in [2.05, 4.69) is 20.0 Å². The van der Waals surface area contributed by atoms with Crippen LogP contribution in [0.2, 0.25) is 0 Å². The van der Waals surface area contributed by atoms with E-state index >= 15 is 8.78 Å².